The fourth-order valence-corrected chi connectivity index (χ4v) is 4.34. The lowest BCUT2D eigenvalue weighted by Gasteiger charge is -2.34. The molecule has 1 fully saturated rings. The minimum atomic E-state index is -0.0464. The van der Waals surface area contributed by atoms with E-state index in [0.717, 1.165) is 48.7 Å². The summed E-state index contributed by atoms with van der Waals surface area (Å²) in [6.07, 6.45) is 1.68. The van der Waals surface area contributed by atoms with Crippen LogP contribution in [0.4, 0.5) is 11.1 Å². The zero-order valence-electron chi connectivity index (χ0n) is 18.0. The van der Waals surface area contributed by atoms with Gasteiger partial charge in [0.1, 0.15) is 11.4 Å². The summed E-state index contributed by atoms with van der Waals surface area (Å²) in [6.45, 7) is 3.29. The van der Waals surface area contributed by atoms with Crippen LogP contribution in [-0.4, -0.2) is 63.7 Å². The highest BCUT2D eigenvalue weighted by molar-refractivity contribution is 7.13. The Labute approximate surface area is 196 Å². The predicted molar refractivity (Wildman–Crippen MR) is 130 cm³/mol. The molecule has 0 aliphatic carbocycles. The third-order valence-corrected chi connectivity index (χ3v) is 6.16. The summed E-state index contributed by atoms with van der Waals surface area (Å²) >= 11 is 1.42. The summed E-state index contributed by atoms with van der Waals surface area (Å²) in [5, 5.41) is 14.3. The number of rotatable bonds is 6. The highest BCUT2D eigenvalue weighted by atomic mass is 32.1. The molecule has 0 bridgehead atoms. The number of amides is 1. The summed E-state index contributed by atoms with van der Waals surface area (Å²) in [4.78, 5) is 25.6. The van der Waals surface area contributed by atoms with Crippen molar-refractivity contribution in [3.05, 3.63) is 72.2 Å². The molecule has 33 heavy (non-hydrogen) atoms. The normalized spacial score (nSPS) is 14.2. The molecule has 0 saturated carbocycles. The van der Waals surface area contributed by atoms with Gasteiger partial charge >= 0.3 is 0 Å². The van der Waals surface area contributed by atoms with E-state index in [1.807, 2.05) is 66.0 Å². The second-order valence-corrected chi connectivity index (χ2v) is 8.58. The van der Waals surface area contributed by atoms with E-state index in [2.05, 4.69) is 30.3 Å². The molecule has 1 aliphatic heterocycles. The molecule has 0 atom stereocenters. The quantitative estimate of drug-likeness (QED) is 0.475. The van der Waals surface area contributed by atoms with E-state index in [4.69, 9.17) is 4.98 Å². The minimum Gasteiger partial charge on any atom is -0.337 e. The molecular weight excluding hydrogens is 434 g/mol. The van der Waals surface area contributed by atoms with Crippen molar-refractivity contribution in [2.45, 2.75) is 0 Å². The predicted octanol–water partition coefficient (Wildman–Crippen LogP) is 3.42. The van der Waals surface area contributed by atoms with Crippen LogP contribution in [-0.2, 0) is 4.79 Å². The van der Waals surface area contributed by atoms with Gasteiger partial charge in [-0.15, -0.1) is 21.5 Å². The van der Waals surface area contributed by atoms with Gasteiger partial charge in [0.15, 0.2) is 5.13 Å². The van der Waals surface area contributed by atoms with Crippen LogP contribution in [0, 0.1) is 0 Å². The molecule has 1 aliphatic rings. The number of hydrogen-bond acceptors (Lipinski definition) is 8. The third-order valence-electron chi connectivity index (χ3n) is 5.47. The first-order valence-electron chi connectivity index (χ1n) is 10.8. The van der Waals surface area contributed by atoms with E-state index >= 15 is 0 Å². The van der Waals surface area contributed by atoms with E-state index in [1.165, 1.54) is 11.3 Å². The Bertz CT molecular complexity index is 1190. The smallest absolute Gasteiger partial charge is 0.246 e. The lowest BCUT2D eigenvalue weighted by Crippen LogP contribution is -2.49. The van der Waals surface area contributed by atoms with Gasteiger partial charge in [0, 0.05) is 48.9 Å². The lowest BCUT2D eigenvalue weighted by atomic mass is 10.0. The van der Waals surface area contributed by atoms with Gasteiger partial charge in [-0.25, -0.2) is 9.97 Å². The van der Waals surface area contributed by atoms with Crippen LogP contribution in [0.2, 0.25) is 0 Å². The summed E-state index contributed by atoms with van der Waals surface area (Å²) in [6, 6.07) is 20.1. The second kappa shape index (κ2) is 9.85. The van der Waals surface area contributed by atoms with Gasteiger partial charge in [-0.2, -0.15) is 0 Å². The summed E-state index contributed by atoms with van der Waals surface area (Å²) in [5.41, 5.74) is 3.57. The van der Waals surface area contributed by atoms with Crippen LogP contribution in [0.25, 0.3) is 22.5 Å². The number of aromatic nitrogens is 4. The van der Waals surface area contributed by atoms with Crippen molar-refractivity contribution in [2.75, 3.05) is 42.9 Å². The second-order valence-electron chi connectivity index (χ2n) is 7.69. The SMILES string of the molecule is O=C(CN1CCN(c2nnc(-c3ccccc3)c(-c3ccccc3)n2)CC1)Nc1nccs1. The molecule has 4 aromatic rings. The Morgan fingerprint density at radius 3 is 2.18 bits per heavy atom. The van der Waals surface area contributed by atoms with Gasteiger partial charge < -0.3 is 10.2 Å². The van der Waals surface area contributed by atoms with Gasteiger partial charge in [-0.1, -0.05) is 60.7 Å². The summed E-state index contributed by atoms with van der Waals surface area (Å²) in [7, 11) is 0. The van der Waals surface area contributed by atoms with E-state index in [-0.39, 0.29) is 5.91 Å². The van der Waals surface area contributed by atoms with Gasteiger partial charge in [0.25, 0.3) is 0 Å². The average molecular weight is 458 g/mol. The largest absolute Gasteiger partial charge is 0.337 e. The molecule has 9 heteroatoms. The molecule has 166 valence electrons. The van der Waals surface area contributed by atoms with E-state index in [1.54, 1.807) is 6.20 Å². The van der Waals surface area contributed by atoms with Crippen molar-refractivity contribution in [3.63, 3.8) is 0 Å². The van der Waals surface area contributed by atoms with Crippen molar-refractivity contribution in [3.8, 4) is 22.5 Å². The number of anilines is 2. The monoisotopic (exact) mass is 457 g/mol. The van der Waals surface area contributed by atoms with Crippen LogP contribution in [0.3, 0.4) is 0 Å². The molecule has 1 N–H and O–H groups in total. The van der Waals surface area contributed by atoms with Crippen molar-refractivity contribution in [2.24, 2.45) is 0 Å². The van der Waals surface area contributed by atoms with E-state index in [9.17, 15) is 4.79 Å². The Balaban J connectivity index is 1.30. The van der Waals surface area contributed by atoms with Crippen molar-refractivity contribution < 1.29 is 4.79 Å². The molecule has 3 heterocycles. The van der Waals surface area contributed by atoms with E-state index < -0.39 is 0 Å². The molecule has 2 aromatic carbocycles. The third kappa shape index (κ3) is 5.05. The zero-order valence-corrected chi connectivity index (χ0v) is 18.8. The summed E-state index contributed by atoms with van der Waals surface area (Å²) < 4.78 is 0. The molecule has 0 unspecified atom stereocenters. The molecule has 1 saturated heterocycles. The van der Waals surface area contributed by atoms with Crippen LogP contribution in [0.5, 0.6) is 0 Å². The first-order chi connectivity index (χ1) is 16.3. The molecular formula is C24H23N7OS. The van der Waals surface area contributed by atoms with Crippen LogP contribution >= 0.6 is 11.3 Å². The van der Waals surface area contributed by atoms with Gasteiger partial charge in [-0.3, -0.25) is 9.69 Å². The fraction of sp³-hybridized carbons (Fsp3) is 0.208. The highest BCUT2D eigenvalue weighted by Gasteiger charge is 2.23. The zero-order chi connectivity index (χ0) is 22.5. The highest BCUT2D eigenvalue weighted by Crippen LogP contribution is 2.29. The Morgan fingerprint density at radius 2 is 1.55 bits per heavy atom. The number of hydrogen-bond donors (Lipinski definition) is 1. The fourth-order valence-electron chi connectivity index (χ4n) is 3.79. The first kappa shape index (κ1) is 21.2. The number of benzene rings is 2. The molecule has 8 nitrogen and oxygen atoms in total. The average Bonchev–Trinajstić information content (AvgIpc) is 3.38. The number of nitrogens with one attached hydrogen (secondary N) is 1. The number of carbonyl (C=O) groups excluding carboxylic acids is 1. The molecule has 5 rings (SSSR count). The molecule has 1 amide bonds. The van der Waals surface area contributed by atoms with Crippen molar-refractivity contribution in [1.82, 2.24) is 25.1 Å². The minimum absolute atomic E-state index is 0.0464. The molecule has 0 spiro atoms. The standard InChI is InChI=1S/C24H23N7OS/c32-20(26-24-25-11-16-33-24)17-30-12-14-31(15-13-30)23-27-21(18-7-3-1-4-8-18)22(28-29-23)19-9-5-2-6-10-19/h1-11,16H,12-15,17H2,(H,25,26,32). The number of thiazole rings is 1. The maximum atomic E-state index is 12.3. The Hall–Kier alpha value is -3.69. The summed E-state index contributed by atoms with van der Waals surface area (Å²) in [5.74, 6) is 0.565. The van der Waals surface area contributed by atoms with Crippen molar-refractivity contribution >= 4 is 28.3 Å². The number of nitrogens with zero attached hydrogens (tertiary/aromatic N) is 6. The van der Waals surface area contributed by atoms with Crippen LogP contribution in [0.15, 0.2) is 72.2 Å². The first-order valence-corrected chi connectivity index (χ1v) is 11.7. The van der Waals surface area contributed by atoms with Crippen LogP contribution < -0.4 is 10.2 Å². The van der Waals surface area contributed by atoms with Crippen LogP contribution in [0.1, 0.15) is 0 Å². The Morgan fingerprint density at radius 1 is 0.879 bits per heavy atom. The van der Waals surface area contributed by atoms with Gasteiger partial charge in [0.05, 0.1) is 6.54 Å². The van der Waals surface area contributed by atoms with Gasteiger partial charge in [0.2, 0.25) is 11.9 Å². The number of carbonyl (C=O) groups is 1. The molecule has 2 aromatic heterocycles. The topological polar surface area (TPSA) is 87.1 Å². The maximum absolute atomic E-state index is 12.3. The Kier molecular flexibility index (Phi) is 6.32. The van der Waals surface area contributed by atoms with Gasteiger partial charge in [-0.05, 0) is 0 Å². The lowest BCUT2D eigenvalue weighted by molar-refractivity contribution is -0.117. The van der Waals surface area contributed by atoms with E-state index in [0.29, 0.717) is 17.6 Å². The van der Waals surface area contributed by atoms with Crippen molar-refractivity contribution in [1.29, 1.82) is 0 Å². The number of piperazine rings is 1. The molecule has 0 radical (unpaired) electrons. The maximum Gasteiger partial charge on any atom is 0.246 e.